The number of hydrogen-bond donors (Lipinski definition) is 0. The third kappa shape index (κ3) is 6.91. The van der Waals surface area contributed by atoms with Crippen LogP contribution < -0.4 is 9.47 Å². The summed E-state index contributed by atoms with van der Waals surface area (Å²) < 4.78 is 25.4. The molecule has 1 unspecified atom stereocenters. The van der Waals surface area contributed by atoms with Crippen molar-refractivity contribution in [3.8, 4) is 11.5 Å². The quantitative estimate of drug-likeness (QED) is 0.324. The summed E-state index contributed by atoms with van der Waals surface area (Å²) in [6, 6.07) is 25.3. The minimum absolute atomic E-state index is 0.172. The maximum absolute atomic E-state index is 13.8. The lowest BCUT2D eigenvalue weighted by molar-refractivity contribution is 0.187. The van der Waals surface area contributed by atoms with Crippen LogP contribution in [0.4, 0.5) is 4.39 Å². The molecule has 3 aromatic carbocycles. The van der Waals surface area contributed by atoms with Crippen LogP contribution in [0.1, 0.15) is 62.6 Å². The Morgan fingerprint density at radius 3 is 1.92 bits per heavy atom. The van der Waals surface area contributed by atoms with E-state index in [2.05, 4.69) is 23.8 Å². The number of rotatable bonds is 8. The zero-order valence-corrected chi connectivity index (χ0v) is 21.0. The SMILES string of the molecule is CCCC.FC1=CCCCC1Oc1ccc(C2=NC(c3ccc(OCc4ccccc4)cc3)=N2)cc1. The highest BCUT2D eigenvalue weighted by Crippen LogP contribution is 2.26. The topological polar surface area (TPSA) is 43.2 Å². The molecule has 1 atom stereocenters. The number of benzene rings is 3. The zero-order valence-electron chi connectivity index (χ0n) is 21.0. The van der Waals surface area contributed by atoms with Gasteiger partial charge in [0, 0.05) is 11.1 Å². The smallest absolute Gasteiger partial charge is 0.164 e. The summed E-state index contributed by atoms with van der Waals surface area (Å²) in [5.74, 6) is 2.67. The fourth-order valence-corrected chi connectivity index (χ4v) is 3.68. The Morgan fingerprint density at radius 1 is 0.778 bits per heavy atom. The molecule has 1 aliphatic carbocycles. The number of nitrogens with zero attached hydrogens (tertiary/aromatic N) is 2. The van der Waals surface area contributed by atoms with E-state index in [-0.39, 0.29) is 5.83 Å². The molecule has 0 aromatic heterocycles. The number of ether oxygens (including phenoxy) is 2. The van der Waals surface area contributed by atoms with E-state index in [1.807, 2.05) is 78.9 Å². The monoisotopic (exact) mass is 484 g/mol. The lowest BCUT2D eigenvalue weighted by atomic mass is 10.0. The van der Waals surface area contributed by atoms with Gasteiger partial charge >= 0.3 is 0 Å². The summed E-state index contributed by atoms with van der Waals surface area (Å²) in [6.07, 6.45) is 6.23. The Kier molecular flexibility index (Phi) is 9.03. The lowest BCUT2D eigenvalue weighted by Crippen LogP contribution is -2.20. The summed E-state index contributed by atoms with van der Waals surface area (Å²) in [7, 11) is 0. The van der Waals surface area contributed by atoms with Gasteiger partial charge in [-0.15, -0.1) is 0 Å². The molecule has 186 valence electrons. The van der Waals surface area contributed by atoms with E-state index in [1.165, 1.54) is 12.8 Å². The molecule has 0 radical (unpaired) electrons. The van der Waals surface area contributed by atoms with Crippen molar-refractivity contribution in [3.63, 3.8) is 0 Å². The second-order valence-electron chi connectivity index (χ2n) is 8.82. The number of unbranched alkanes of at least 4 members (excludes halogenated alkanes) is 1. The van der Waals surface area contributed by atoms with Gasteiger partial charge in [0.15, 0.2) is 11.7 Å². The van der Waals surface area contributed by atoms with Crippen molar-refractivity contribution in [1.82, 2.24) is 0 Å². The highest BCUT2D eigenvalue weighted by atomic mass is 19.1. The van der Waals surface area contributed by atoms with Crippen molar-refractivity contribution in [3.05, 3.63) is 107 Å². The summed E-state index contributed by atoms with van der Waals surface area (Å²) >= 11 is 0. The Morgan fingerprint density at radius 2 is 1.36 bits per heavy atom. The van der Waals surface area contributed by atoms with Crippen LogP contribution in [0.25, 0.3) is 0 Å². The van der Waals surface area contributed by atoms with E-state index in [0.717, 1.165) is 35.3 Å². The van der Waals surface area contributed by atoms with Crippen LogP contribution in [-0.2, 0) is 6.61 Å². The molecule has 0 N–H and O–H groups in total. The number of halogens is 1. The van der Waals surface area contributed by atoms with Gasteiger partial charge in [0.1, 0.15) is 30.0 Å². The molecule has 0 saturated heterocycles. The number of aliphatic imine (C=N–C) groups is 2. The largest absolute Gasteiger partial charge is 0.489 e. The van der Waals surface area contributed by atoms with Crippen molar-refractivity contribution >= 4 is 11.7 Å². The Hall–Kier alpha value is -3.73. The minimum atomic E-state index is -0.472. The van der Waals surface area contributed by atoms with Gasteiger partial charge in [-0.05, 0) is 79.4 Å². The molecule has 0 saturated carbocycles. The zero-order chi connectivity index (χ0) is 25.2. The van der Waals surface area contributed by atoms with Crippen molar-refractivity contribution in [2.75, 3.05) is 0 Å². The first-order chi connectivity index (χ1) is 17.7. The van der Waals surface area contributed by atoms with E-state index >= 15 is 0 Å². The summed E-state index contributed by atoms with van der Waals surface area (Å²) in [5, 5.41) is 0. The molecule has 36 heavy (non-hydrogen) atoms. The average Bonchev–Trinajstić information content (AvgIpc) is 2.90. The molecule has 0 amide bonds. The molecular weight excluding hydrogens is 451 g/mol. The van der Waals surface area contributed by atoms with Gasteiger partial charge in [-0.1, -0.05) is 57.0 Å². The van der Waals surface area contributed by atoms with Crippen LogP contribution in [-0.4, -0.2) is 17.8 Å². The molecule has 0 spiro atoms. The molecule has 2 aliphatic rings. The van der Waals surface area contributed by atoms with E-state index in [0.29, 0.717) is 30.4 Å². The van der Waals surface area contributed by atoms with Gasteiger partial charge in [0.25, 0.3) is 0 Å². The Labute approximate surface area is 213 Å². The average molecular weight is 485 g/mol. The molecular formula is C31H33FN2O2. The van der Waals surface area contributed by atoms with Crippen LogP contribution in [0.5, 0.6) is 11.5 Å². The molecule has 0 fully saturated rings. The maximum Gasteiger partial charge on any atom is 0.164 e. The summed E-state index contributed by atoms with van der Waals surface area (Å²) in [5.41, 5.74) is 2.98. The molecule has 5 rings (SSSR count). The van der Waals surface area contributed by atoms with E-state index in [9.17, 15) is 4.39 Å². The minimum Gasteiger partial charge on any atom is -0.489 e. The molecule has 4 nitrogen and oxygen atoms in total. The highest BCUT2D eigenvalue weighted by molar-refractivity contribution is 6.23. The van der Waals surface area contributed by atoms with E-state index in [1.54, 1.807) is 6.08 Å². The highest BCUT2D eigenvalue weighted by Gasteiger charge is 2.20. The lowest BCUT2D eigenvalue weighted by Gasteiger charge is -2.21. The van der Waals surface area contributed by atoms with E-state index < -0.39 is 6.10 Å². The number of hydrogen-bond acceptors (Lipinski definition) is 4. The van der Waals surface area contributed by atoms with Gasteiger partial charge in [-0.2, -0.15) is 0 Å². The molecule has 0 bridgehead atoms. The Balaban J connectivity index is 0.000000709. The van der Waals surface area contributed by atoms with E-state index in [4.69, 9.17) is 9.47 Å². The molecule has 5 heteroatoms. The van der Waals surface area contributed by atoms with Crippen LogP contribution in [0.2, 0.25) is 0 Å². The predicted molar refractivity (Wildman–Crippen MR) is 145 cm³/mol. The number of amidine groups is 2. The van der Waals surface area contributed by atoms with Gasteiger partial charge < -0.3 is 9.47 Å². The maximum atomic E-state index is 13.8. The normalized spacial score (nSPS) is 16.4. The first-order valence-corrected chi connectivity index (χ1v) is 12.7. The van der Waals surface area contributed by atoms with Crippen LogP contribution in [0, 0.1) is 0 Å². The van der Waals surface area contributed by atoms with Crippen LogP contribution in [0.3, 0.4) is 0 Å². The molecule has 3 aromatic rings. The van der Waals surface area contributed by atoms with Crippen LogP contribution >= 0.6 is 0 Å². The predicted octanol–water partition coefficient (Wildman–Crippen LogP) is 8.06. The fourth-order valence-electron chi connectivity index (χ4n) is 3.68. The van der Waals surface area contributed by atoms with Crippen molar-refractivity contribution in [2.24, 2.45) is 9.98 Å². The van der Waals surface area contributed by atoms with Gasteiger partial charge in [0.05, 0.1) is 0 Å². The third-order valence-electron chi connectivity index (χ3n) is 5.99. The van der Waals surface area contributed by atoms with Crippen molar-refractivity contribution < 1.29 is 13.9 Å². The molecule has 1 aliphatic heterocycles. The van der Waals surface area contributed by atoms with Gasteiger partial charge in [-0.25, -0.2) is 14.4 Å². The van der Waals surface area contributed by atoms with Crippen molar-refractivity contribution in [1.29, 1.82) is 0 Å². The van der Waals surface area contributed by atoms with Crippen LogP contribution in [0.15, 0.2) is 101 Å². The molecule has 1 heterocycles. The van der Waals surface area contributed by atoms with Gasteiger partial charge in [-0.3, -0.25) is 0 Å². The summed E-state index contributed by atoms with van der Waals surface area (Å²) in [6.45, 7) is 4.90. The fraction of sp³-hybridized carbons (Fsp3) is 0.290. The Bertz CT molecular complexity index is 1200. The first-order valence-electron chi connectivity index (χ1n) is 12.7. The first kappa shape index (κ1) is 25.4. The van der Waals surface area contributed by atoms with Crippen molar-refractivity contribution in [2.45, 2.75) is 58.7 Å². The number of allylic oxidation sites excluding steroid dienone is 1. The third-order valence-corrected chi connectivity index (χ3v) is 5.99. The summed E-state index contributed by atoms with van der Waals surface area (Å²) in [4.78, 5) is 9.12. The second-order valence-corrected chi connectivity index (χ2v) is 8.82. The standard InChI is InChI=1S/C27H23FN2O2.C4H10/c28-24-8-4-5-9-25(24)32-23-16-12-21(13-17-23)27-29-26(30-27)20-10-14-22(15-11-20)31-18-19-6-2-1-3-7-19;1-3-4-2/h1-3,6-8,10-17,25H,4-5,9,18H2;3-4H2,1-2H3. The van der Waals surface area contributed by atoms with Gasteiger partial charge in [0.2, 0.25) is 0 Å². The second kappa shape index (κ2) is 12.8.